The maximum Gasteiger partial charge on any atom is 0.279 e. The zero-order valence-corrected chi connectivity index (χ0v) is 18.1. The molecule has 152 valence electrons. The Balaban J connectivity index is 1.22. The van der Waals surface area contributed by atoms with Gasteiger partial charge in [0.15, 0.2) is 6.54 Å². The number of carbonyl (C=O) groups is 1. The van der Waals surface area contributed by atoms with Crippen LogP contribution >= 0.6 is 23.4 Å². The second kappa shape index (κ2) is 7.98. The van der Waals surface area contributed by atoms with Crippen LogP contribution in [-0.2, 0) is 4.79 Å². The summed E-state index contributed by atoms with van der Waals surface area (Å²) in [7, 11) is 0. The standard InChI is InChI=1S/C24H27ClN2OS/c25-19-5-7-20(8-6-19)29-22-4-2-1-3-21(22)27-23(28)15-26-24-12-16-9-17(13-24)11-18(10-16)14-24/h1-8,16-18,26H,9-15H2,(H,27,28)/p+1. The monoisotopic (exact) mass is 427 g/mol. The minimum Gasteiger partial charge on any atom is -0.334 e. The number of benzene rings is 2. The van der Waals surface area contributed by atoms with E-state index in [0.29, 0.717) is 12.1 Å². The van der Waals surface area contributed by atoms with Gasteiger partial charge in [0.05, 0.1) is 11.2 Å². The zero-order valence-electron chi connectivity index (χ0n) is 16.6. The van der Waals surface area contributed by atoms with Crippen LogP contribution in [0.3, 0.4) is 0 Å². The van der Waals surface area contributed by atoms with Crippen molar-refractivity contribution in [2.24, 2.45) is 17.8 Å². The van der Waals surface area contributed by atoms with Crippen LogP contribution in [0.2, 0.25) is 5.02 Å². The van der Waals surface area contributed by atoms with Crippen molar-refractivity contribution in [2.45, 2.75) is 53.9 Å². The molecule has 4 aliphatic rings. The number of anilines is 1. The largest absolute Gasteiger partial charge is 0.334 e. The molecule has 0 aliphatic heterocycles. The summed E-state index contributed by atoms with van der Waals surface area (Å²) in [6, 6.07) is 15.8. The summed E-state index contributed by atoms with van der Waals surface area (Å²) in [5, 5.41) is 6.27. The van der Waals surface area contributed by atoms with E-state index >= 15 is 0 Å². The Labute approximate surface area is 182 Å². The molecule has 0 aromatic heterocycles. The summed E-state index contributed by atoms with van der Waals surface area (Å²) in [5.74, 6) is 2.84. The molecule has 2 aromatic carbocycles. The molecule has 0 saturated heterocycles. The summed E-state index contributed by atoms with van der Waals surface area (Å²) in [5.41, 5.74) is 1.22. The van der Waals surface area contributed by atoms with E-state index < -0.39 is 0 Å². The average Bonchev–Trinajstić information content (AvgIpc) is 2.69. The number of hydrogen-bond acceptors (Lipinski definition) is 2. The first-order valence-electron chi connectivity index (χ1n) is 10.7. The maximum absolute atomic E-state index is 12.8. The van der Waals surface area contributed by atoms with Gasteiger partial charge in [-0.15, -0.1) is 0 Å². The van der Waals surface area contributed by atoms with Gasteiger partial charge in [-0.2, -0.15) is 0 Å². The Hall–Kier alpha value is -1.49. The number of quaternary nitrogens is 1. The third-order valence-electron chi connectivity index (χ3n) is 7.01. The highest BCUT2D eigenvalue weighted by molar-refractivity contribution is 7.99. The molecule has 1 amide bonds. The number of amides is 1. The molecule has 3 nitrogen and oxygen atoms in total. The molecule has 0 atom stereocenters. The highest BCUT2D eigenvalue weighted by Gasteiger charge is 2.53. The molecular weight excluding hydrogens is 400 g/mol. The van der Waals surface area contributed by atoms with Gasteiger partial charge in [-0.3, -0.25) is 4.79 Å². The van der Waals surface area contributed by atoms with Crippen LogP contribution in [0.1, 0.15) is 38.5 Å². The lowest BCUT2D eigenvalue weighted by Crippen LogP contribution is -3.00. The molecule has 0 unspecified atom stereocenters. The van der Waals surface area contributed by atoms with E-state index in [9.17, 15) is 4.79 Å². The number of carbonyl (C=O) groups excluding carboxylic acids is 1. The quantitative estimate of drug-likeness (QED) is 0.684. The Morgan fingerprint density at radius 2 is 1.62 bits per heavy atom. The highest BCUT2D eigenvalue weighted by Crippen LogP contribution is 2.54. The molecule has 4 fully saturated rings. The van der Waals surface area contributed by atoms with Gasteiger partial charge in [0, 0.05) is 34.1 Å². The van der Waals surface area contributed by atoms with E-state index in [1.165, 1.54) is 38.5 Å². The SMILES string of the molecule is O=C(C[NH2+]C12CC3CC(CC(C3)C1)C2)Nc1ccccc1Sc1ccc(Cl)cc1. The third kappa shape index (κ3) is 4.35. The predicted molar refractivity (Wildman–Crippen MR) is 118 cm³/mol. The van der Waals surface area contributed by atoms with E-state index in [1.54, 1.807) is 11.8 Å². The Morgan fingerprint density at radius 3 is 2.28 bits per heavy atom. The highest BCUT2D eigenvalue weighted by atomic mass is 35.5. The van der Waals surface area contributed by atoms with Crippen LogP contribution in [0.4, 0.5) is 5.69 Å². The fourth-order valence-electron chi connectivity index (χ4n) is 6.23. The van der Waals surface area contributed by atoms with Gasteiger partial charge in [-0.25, -0.2) is 0 Å². The second-order valence-corrected chi connectivity index (χ2v) is 10.8. The van der Waals surface area contributed by atoms with Crippen molar-refractivity contribution in [3.05, 3.63) is 53.6 Å². The molecule has 0 radical (unpaired) electrons. The van der Waals surface area contributed by atoms with Crippen molar-refractivity contribution in [1.82, 2.24) is 0 Å². The minimum absolute atomic E-state index is 0.102. The first-order chi connectivity index (χ1) is 14.1. The molecule has 0 spiro atoms. The fraction of sp³-hybridized carbons (Fsp3) is 0.458. The summed E-state index contributed by atoms with van der Waals surface area (Å²) in [6.45, 7) is 0.520. The fourth-order valence-corrected chi connectivity index (χ4v) is 7.25. The molecule has 4 saturated carbocycles. The van der Waals surface area contributed by atoms with E-state index in [-0.39, 0.29) is 5.91 Å². The van der Waals surface area contributed by atoms with Gasteiger partial charge in [0.25, 0.3) is 5.91 Å². The maximum atomic E-state index is 12.8. The topological polar surface area (TPSA) is 45.7 Å². The van der Waals surface area contributed by atoms with Crippen LogP contribution in [0.15, 0.2) is 58.3 Å². The molecular formula is C24H28ClN2OS+. The van der Waals surface area contributed by atoms with E-state index in [1.807, 2.05) is 42.5 Å². The Morgan fingerprint density at radius 1 is 1.00 bits per heavy atom. The molecule has 2 aromatic rings. The number of nitrogens with two attached hydrogens (primary N) is 1. The van der Waals surface area contributed by atoms with E-state index in [4.69, 9.17) is 11.6 Å². The second-order valence-electron chi connectivity index (χ2n) is 9.29. The van der Waals surface area contributed by atoms with Crippen LogP contribution in [0.5, 0.6) is 0 Å². The minimum atomic E-state index is 0.102. The molecule has 29 heavy (non-hydrogen) atoms. The molecule has 4 bridgehead atoms. The number of hydrogen-bond donors (Lipinski definition) is 2. The number of para-hydroxylation sites is 1. The Kier molecular flexibility index (Phi) is 5.35. The van der Waals surface area contributed by atoms with E-state index in [0.717, 1.165) is 38.3 Å². The molecule has 3 N–H and O–H groups in total. The van der Waals surface area contributed by atoms with Crippen LogP contribution < -0.4 is 10.6 Å². The molecule has 4 aliphatic carbocycles. The molecule has 5 heteroatoms. The molecule has 6 rings (SSSR count). The summed E-state index contributed by atoms with van der Waals surface area (Å²) in [6.07, 6.45) is 8.26. The lowest BCUT2D eigenvalue weighted by molar-refractivity contribution is -0.729. The average molecular weight is 428 g/mol. The van der Waals surface area contributed by atoms with Gasteiger partial charge in [-0.1, -0.05) is 35.5 Å². The summed E-state index contributed by atoms with van der Waals surface area (Å²) >= 11 is 7.64. The van der Waals surface area contributed by atoms with Gasteiger partial charge in [0.1, 0.15) is 0 Å². The normalized spacial score (nSPS) is 29.8. The predicted octanol–water partition coefficient (Wildman–Crippen LogP) is 4.96. The van der Waals surface area contributed by atoms with Gasteiger partial charge in [-0.05, 0) is 73.4 Å². The lowest BCUT2D eigenvalue weighted by Gasteiger charge is -2.54. The van der Waals surface area contributed by atoms with Gasteiger partial charge >= 0.3 is 0 Å². The summed E-state index contributed by atoms with van der Waals surface area (Å²) < 4.78 is 0. The van der Waals surface area contributed by atoms with Crippen LogP contribution in [0, 0.1) is 17.8 Å². The van der Waals surface area contributed by atoms with E-state index in [2.05, 4.69) is 16.7 Å². The van der Waals surface area contributed by atoms with Crippen molar-refractivity contribution < 1.29 is 10.1 Å². The van der Waals surface area contributed by atoms with Crippen molar-refractivity contribution >= 4 is 35.0 Å². The smallest absolute Gasteiger partial charge is 0.279 e. The van der Waals surface area contributed by atoms with Crippen LogP contribution in [0.25, 0.3) is 0 Å². The molecule has 0 heterocycles. The lowest BCUT2D eigenvalue weighted by atomic mass is 9.53. The van der Waals surface area contributed by atoms with Gasteiger partial charge < -0.3 is 10.6 Å². The van der Waals surface area contributed by atoms with Crippen molar-refractivity contribution in [3.63, 3.8) is 0 Å². The van der Waals surface area contributed by atoms with Crippen molar-refractivity contribution in [2.75, 3.05) is 11.9 Å². The number of halogens is 1. The number of nitrogens with one attached hydrogen (secondary N) is 1. The third-order valence-corrected chi connectivity index (χ3v) is 8.34. The van der Waals surface area contributed by atoms with Crippen molar-refractivity contribution in [3.8, 4) is 0 Å². The summed E-state index contributed by atoms with van der Waals surface area (Å²) in [4.78, 5) is 14.9. The van der Waals surface area contributed by atoms with Gasteiger partial charge in [0.2, 0.25) is 0 Å². The van der Waals surface area contributed by atoms with Crippen LogP contribution in [-0.4, -0.2) is 18.0 Å². The Bertz CT molecular complexity index is 863. The first kappa shape index (κ1) is 19.5. The zero-order chi connectivity index (χ0) is 19.8. The number of rotatable bonds is 6. The first-order valence-corrected chi connectivity index (χ1v) is 11.9. The van der Waals surface area contributed by atoms with Crippen molar-refractivity contribution in [1.29, 1.82) is 0 Å².